The van der Waals surface area contributed by atoms with E-state index in [-0.39, 0.29) is 0 Å². The third-order valence-corrected chi connectivity index (χ3v) is 5.08. The number of fused-ring (bicyclic) bond motifs is 3. The fraction of sp³-hybridized carbons (Fsp3) is 0.250. The molecule has 27 heavy (non-hydrogen) atoms. The van der Waals surface area contributed by atoms with Crippen LogP contribution in [0.1, 0.15) is 30.5 Å². The molecular weight excluding hydrogens is 332 g/mol. The molecule has 2 heterocycles. The molecule has 4 aromatic rings. The summed E-state index contributed by atoms with van der Waals surface area (Å²) in [5, 5.41) is 11.8. The molecule has 0 atom stereocenters. The van der Waals surface area contributed by atoms with Gasteiger partial charge in [0.05, 0.1) is 11.1 Å². The zero-order valence-electron chi connectivity index (χ0n) is 16.2. The lowest BCUT2D eigenvalue weighted by Crippen LogP contribution is -2.30. The molecule has 2 aromatic heterocycles. The van der Waals surface area contributed by atoms with Crippen molar-refractivity contribution in [3.8, 4) is 17.3 Å². The van der Waals surface area contributed by atoms with Crippen LogP contribution in [-0.4, -0.2) is 0 Å². The Morgan fingerprint density at radius 1 is 1.07 bits per heavy atom. The third-order valence-electron chi connectivity index (χ3n) is 5.08. The second-order valence-electron chi connectivity index (χ2n) is 7.66. The van der Waals surface area contributed by atoms with Crippen LogP contribution in [0.3, 0.4) is 0 Å². The molecule has 0 saturated heterocycles. The van der Waals surface area contributed by atoms with E-state index in [0.29, 0.717) is 17.1 Å². The number of nitrogens with zero attached hydrogens (tertiary/aromatic N) is 2. The van der Waals surface area contributed by atoms with Crippen LogP contribution in [0.4, 0.5) is 0 Å². The number of furan rings is 1. The number of hydrogen-bond donors (Lipinski definition) is 0. The lowest BCUT2D eigenvalue weighted by Gasteiger charge is -2.06. The van der Waals surface area contributed by atoms with Gasteiger partial charge in [-0.15, -0.1) is 0 Å². The normalized spacial score (nSPS) is 11.4. The first-order chi connectivity index (χ1) is 13.0. The number of hydrogen-bond acceptors (Lipinski definition) is 2. The minimum atomic E-state index is 0.535. The van der Waals surface area contributed by atoms with E-state index in [2.05, 4.69) is 55.7 Å². The quantitative estimate of drug-likeness (QED) is 0.458. The van der Waals surface area contributed by atoms with Crippen molar-refractivity contribution < 1.29 is 8.98 Å². The highest BCUT2D eigenvalue weighted by molar-refractivity contribution is 6.11. The summed E-state index contributed by atoms with van der Waals surface area (Å²) in [4.78, 5) is 0. The average Bonchev–Trinajstić information content (AvgIpc) is 3.00. The first-order valence-corrected chi connectivity index (χ1v) is 9.33. The number of aryl methyl sites for hydroxylation is 2. The average molecular weight is 355 g/mol. The van der Waals surface area contributed by atoms with Crippen LogP contribution >= 0.6 is 0 Å². The monoisotopic (exact) mass is 355 g/mol. The Morgan fingerprint density at radius 3 is 2.59 bits per heavy atom. The third kappa shape index (κ3) is 2.88. The van der Waals surface area contributed by atoms with Gasteiger partial charge in [0.1, 0.15) is 18.7 Å². The summed E-state index contributed by atoms with van der Waals surface area (Å²) in [6.07, 6.45) is 2.99. The fourth-order valence-corrected chi connectivity index (χ4v) is 3.87. The molecular formula is C24H23N2O+. The van der Waals surface area contributed by atoms with Gasteiger partial charge in [0, 0.05) is 22.9 Å². The van der Waals surface area contributed by atoms with E-state index in [1.165, 1.54) is 5.56 Å². The molecule has 0 aliphatic heterocycles. The molecule has 0 N–H and O–H groups in total. The molecule has 0 spiro atoms. The Kier molecular flexibility index (Phi) is 4.20. The van der Waals surface area contributed by atoms with Crippen LogP contribution in [0.2, 0.25) is 0 Å². The van der Waals surface area contributed by atoms with Crippen molar-refractivity contribution in [2.75, 3.05) is 0 Å². The first kappa shape index (κ1) is 17.3. The molecule has 0 amide bonds. The van der Waals surface area contributed by atoms with Gasteiger partial charge in [-0.1, -0.05) is 26.0 Å². The first-order valence-electron chi connectivity index (χ1n) is 9.33. The summed E-state index contributed by atoms with van der Waals surface area (Å²) in [5.74, 6) is 0.535. The van der Waals surface area contributed by atoms with E-state index in [4.69, 9.17) is 4.42 Å². The topological polar surface area (TPSA) is 40.8 Å². The summed E-state index contributed by atoms with van der Waals surface area (Å²) in [7, 11) is 2.04. The van der Waals surface area contributed by atoms with E-state index >= 15 is 0 Å². The van der Waals surface area contributed by atoms with Crippen LogP contribution in [0, 0.1) is 24.2 Å². The maximum absolute atomic E-state index is 9.69. The Hall–Kier alpha value is -3.12. The molecule has 3 nitrogen and oxygen atoms in total. The molecule has 0 aliphatic carbocycles. The summed E-state index contributed by atoms with van der Waals surface area (Å²) in [6.45, 7) is 6.49. The zero-order valence-corrected chi connectivity index (χ0v) is 16.2. The summed E-state index contributed by atoms with van der Waals surface area (Å²) < 4.78 is 8.42. The lowest BCUT2D eigenvalue weighted by molar-refractivity contribution is -0.660. The van der Waals surface area contributed by atoms with E-state index in [1.54, 1.807) is 0 Å². The molecule has 134 valence electrons. The van der Waals surface area contributed by atoms with Crippen molar-refractivity contribution in [2.45, 2.75) is 27.2 Å². The van der Waals surface area contributed by atoms with Gasteiger partial charge in [-0.2, -0.15) is 5.26 Å². The second kappa shape index (κ2) is 6.55. The highest BCUT2D eigenvalue weighted by atomic mass is 16.3. The van der Waals surface area contributed by atoms with Crippen molar-refractivity contribution in [1.29, 1.82) is 5.26 Å². The van der Waals surface area contributed by atoms with Gasteiger partial charge in [-0.3, -0.25) is 0 Å². The van der Waals surface area contributed by atoms with E-state index in [9.17, 15) is 5.26 Å². The van der Waals surface area contributed by atoms with Crippen LogP contribution < -0.4 is 4.57 Å². The zero-order chi connectivity index (χ0) is 19.1. The SMILES string of the molecule is Cc1ccc2c(oc3c(C#N)cc(CC(C)C)cc32)c1-c1cccc[n+]1C. The molecule has 4 rings (SSSR count). The van der Waals surface area contributed by atoms with Gasteiger partial charge in [-0.25, -0.2) is 4.57 Å². The van der Waals surface area contributed by atoms with Crippen LogP contribution in [0.25, 0.3) is 33.2 Å². The van der Waals surface area contributed by atoms with Gasteiger partial charge in [0.25, 0.3) is 0 Å². The van der Waals surface area contributed by atoms with Gasteiger partial charge in [0.2, 0.25) is 5.69 Å². The highest BCUT2D eigenvalue weighted by Crippen LogP contribution is 2.38. The lowest BCUT2D eigenvalue weighted by atomic mass is 9.97. The number of nitriles is 1. The van der Waals surface area contributed by atoms with E-state index < -0.39 is 0 Å². The summed E-state index contributed by atoms with van der Waals surface area (Å²) >= 11 is 0. The Bertz CT molecular complexity index is 1210. The summed E-state index contributed by atoms with van der Waals surface area (Å²) in [5.41, 5.74) is 6.67. The van der Waals surface area contributed by atoms with E-state index in [0.717, 1.165) is 39.6 Å². The smallest absolute Gasteiger partial charge is 0.216 e. The largest absolute Gasteiger partial charge is 0.454 e. The highest BCUT2D eigenvalue weighted by Gasteiger charge is 2.21. The standard InChI is InChI=1S/C24H23N2O/c1-15(2)11-17-12-18(14-25)23-20(13-17)19-9-8-16(3)22(24(19)27-23)21-7-5-6-10-26(21)4/h5-10,12-13,15H,11H2,1-4H3/q+1. The van der Waals surface area contributed by atoms with Crippen LogP contribution in [-0.2, 0) is 13.5 Å². The minimum absolute atomic E-state index is 0.535. The number of pyridine rings is 1. The van der Waals surface area contributed by atoms with Crippen LogP contribution in [0.15, 0.2) is 53.1 Å². The van der Waals surface area contributed by atoms with Gasteiger partial charge >= 0.3 is 0 Å². The van der Waals surface area contributed by atoms with Crippen molar-refractivity contribution in [1.82, 2.24) is 0 Å². The molecule has 3 heteroatoms. The molecule has 0 aliphatic rings. The number of aromatic nitrogens is 1. The molecule has 0 fully saturated rings. The molecule has 0 saturated carbocycles. The second-order valence-corrected chi connectivity index (χ2v) is 7.66. The minimum Gasteiger partial charge on any atom is -0.454 e. The molecule has 0 unspecified atom stereocenters. The Morgan fingerprint density at radius 2 is 1.89 bits per heavy atom. The van der Waals surface area contributed by atoms with Crippen molar-refractivity contribution in [3.05, 3.63) is 65.4 Å². The van der Waals surface area contributed by atoms with Gasteiger partial charge in [-0.05, 0) is 48.6 Å². The maximum atomic E-state index is 9.69. The Balaban J connectivity index is 2.09. The van der Waals surface area contributed by atoms with Gasteiger partial charge < -0.3 is 4.42 Å². The van der Waals surface area contributed by atoms with Crippen molar-refractivity contribution >= 4 is 21.9 Å². The molecule has 0 radical (unpaired) electrons. The maximum Gasteiger partial charge on any atom is 0.216 e. The van der Waals surface area contributed by atoms with Crippen molar-refractivity contribution in [3.63, 3.8) is 0 Å². The predicted octanol–water partition coefficient (Wildman–Crippen LogP) is 5.46. The fourth-order valence-electron chi connectivity index (χ4n) is 3.87. The van der Waals surface area contributed by atoms with Crippen molar-refractivity contribution in [2.24, 2.45) is 13.0 Å². The number of rotatable bonds is 3. The number of benzene rings is 2. The van der Waals surface area contributed by atoms with Crippen LogP contribution in [0.5, 0.6) is 0 Å². The molecule has 0 bridgehead atoms. The van der Waals surface area contributed by atoms with Gasteiger partial charge in [0.15, 0.2) is 11.8 Å². The Labute approximate surface area is 159 Å². The molecule has 2 aromatic carbocycles. The predicted molar refractivity (Wildman–Crippen MR) is 108 cm³/mol. The summed E-state index contributed by atoms with van der Waals surface area (Å²) in [6, 6.07) is 16.9. The van der Waals surface area contributed by atoms with E-state index in [1.807, 2.05) is 31.4 Å².